The highest BCUT2D eigenvalue weighted by atomic mass is 35.5. The van der Waals surface area contributed by atoms with Crippen LogP contribution < -0.4 is 9.62 Å². The van der Waals surface area contributed by atoms with Crippen molar-refractivity contribution in [1.82, 2.24) is 10.2 Å². The van der Waals surface area contributed by atoms with E-state index < -0.39 is 28.5 Å². The van der Waals surface area contributed by atoms with Gasteiger partial charge in [-0.1, -0.05) is 121 Å². The minimum atomic E-state index is -4.30. The molecule has 4 aromatic rings. The average Bonchev–Trinajstić information content (AvgIpc) is 3.08. The lowest BCUT2D eigenvalue weighted by Crippen LogP contribution is -2.55. The highest BCUT2D eigenvalue weighted by molar-refractivity contribution is 7.92. The molecule has 0 aromatic heterocycles. The predicted octanol–water partition coefficient (Wildman–Crippen LogP) is 7.59. The van der Waals surface area contributed by atoms with E-state index in [1.54, 1.807) is 18.2 Å². The molecular weight excluding hydrogens is 653 g/mol. The van der Waals surface area contributed by atoms with Gasteiger partial charge in [0.05, 0.1) is 15.6 Å². The summed E-state index contributed by atoms with van der Waals surface area (Å²) in [6.45, 7) is 1.35. The Bertz CT molecular complexity index is 1760. The summed E-state index contributed by atoms with van der Waals surface area (Å²) < 4.78 is 29.5. The summed E-state index contributed by atoms with van der Waals surface area (Å²) >= 11 is 12.9. The molecule has 1 fully saturated rings. The van der Waals surface area contributed by atoms with Crippen molar-refractivity contribution >= 4 is 50.7 Å². The van der Waals surface area contributed by atoms with Crippen molar-refractivity contribution in [3.63, 3.8) is 0 Å². The topological polar surface area (TPSA) is 86.8 Å². The Labute approximate surface area is 287 Å². The first kappa shape index (κ1) is 34.5. The number of carbonyl (C=O) groups is 2. The fourth-order valence-corrected chi connectivity index (χ4v) is 7.77. The Morgan fingerprint density at radius 3 is 2.09 bits per heavy atom. The lowest BCUT2D eigenvalue weighted by atomic mass is 9.94. The number of nitrogens with one attached hydrogen (secondary N) is 1. The molecule has 1 aliphatic carbocycles. The van der Waals surface area contributed by atoms with Gasteiger partial charge in [0.1, 0.15) is 12.6 Å². The predicted molar refractivity (Wildman–Crippen MR) is 188 cm³/mol. The van der Waals surface area contributed by atoms with E-state index in [1.165, 1.54) is 29.2 Å². The number of rotatable bonds is 12. The van der Waals surface area contributed by atoms with Gasteiger partial charge in [-0.25, -0.2) is 8.42 Å². The number of aryl methyl sites for hydroxylation is 1. The quantitative estimate of drug-likeness (QED) is 0.166. The fraction of sp³-hybridized carbons (Fsp3) is 0.297. The minimum Gasteiger partial charge on any atom is -0.352 e. The Hall–Kier alpha value is -3.85. The third kappa shape index (κ3) is 8.95. The molecule has 0 heterocycles. The lowest BCUT2D eigenvalue weighted by Gasteiger charge is -2.35. The van der Waals surface area contributed by atoms with Gasteiger partial charge in [-0.2, -0.15) is 0 Å². The zero-order valence-electron chi connectivity index (χ0n) is 26.3. The van der Waals surface area contributed by atoms with E-state index in [0.717, 1.165) is 53.1 Å². The summed E-state index contributed by atoms with van der Waals surface area (Å²) in [4.78, 5) is 30.3. The average molecular weight is 693 g/mol. The van der Waals surface area contributed by atoms with Crippen molar-refractivity contribution < 1.29 is 18.0 Å². The van der Waals surface area contributed by atoms with Gasteiger partial charge in [0.15, 0.2) is 0 Å². The van der Waals surface area contributed by atoms with Gasteiger partial charge in [0.25, 0.3) is 10.0 Å². The van der Waals surface area contributed by atoms with Crippen molar-refractivity contribution in [3.05, 3.63) is 130 Å². The Morgan fingerprint density at radius 2 is 1.45 bits per heavy atom. The maximum Gasteiger partial charge on any atom is 0.264 e. The maximum absolute atomic E-state index is 14.7. The van der Waals surface area contributed by atoms with Crippen molar-refractivity contribution in [1.29, 1.82) is 0 Å². The monoisotopic (exact) mass is 691 g/mol. The van der Waals surface area contributed by atoms with Gasteiger partial charge >= 0.3 is 0 Å². The smallest absolute Gasteiger partial charge is 0.264 e. The van der Waals surface area contributed by atoms with Crippen LogP contribution in [0.2, 0.25) is 10.0 Å². The number of benzene rings is 4. The molecular formula is C37H39Cl2N3O4S. The molecule has 1 saturated carbocycles. The van der Waals surface area contributed by atoms with Crippen molar-refractivity contribution in [2.75, 3.05) is 10.8 Å². The second kappa shape index (κ2) is 15.8. The van der Waals surface area contributed by atoms with Crippen LogP contribution in [0, 0.1) is 6.92 Å². The molecule has 1 aliphatic rings. The van der Waals surface area contributed by atoms with Gasteiger partial charge < -0.3 is 10.2 Å². The molecule has 0 bridgehead atoms. The van der Waals surface area contributed by atoms with E-state index in [-0.39, 0.29) is 45.5 Å². The van der Waals surface area contributed by atoms with Crippen LogP contribution in [-0.2, 0) is 32.6 Å². The van der Waals surface area contributed by atoms with Crippen LogP contribution in [0.25, 0.3) is 0 Å². The molecule has 0 saturated heterocycles. The Morgan fingerprint density at radius 1 is 0.830 bits per heavy atom. The molecule has 2 amide bonds. The largest absolute Gasteiger partial charge is 0.352 e. The lowest BCUT2D eigenvalue weighted by molar-refractivity contribution is -0.140. The van der Waals surface area contributed by atoms with E-state index in [4.69, 9.17) is 23.2 Å². The molecule has 0 aliphatic heterocycles. The zero-order chi connectivity index (χ0) is 33.4. The van der Waals surface area contributed by atoms with Gasteiger partial charge in [-0.3, -0.25) is 13.9 Å². The summed E-state index contributed by atoms with van der Waals surface area (Å²) in [7, 11) is -4.30. The maximum atomic E-state index is 14.7. The van der Waals surface area contributed by atoms with Crippen LogP contribution in [-0.4, -0.2) is 43.8 Å². The molecule has 7 nitrogen and oxygen atoms in total. The Kier molecular flexibility index (Phi) is 11.6. The van der Waals surface area contributed by atoms with Crippen LogP contribution in [0.1, 0.15) is 48.8 Å². The first-order valence-corrected chi connectivity index (χ1v) is 18.0. The van der Waals surface area contributed by atoms with Crippen LogP contribution in [0.3, 0.4) is 0 Å². The highest BCUT2D eigenvalue weighted by Crippen LogP contribution is 2.33. The summed E-state index contributed by atoms with van der Waals surface area (Å²) in [5.41, 5.74) is 2.63. The second-order valence-electron chi connectivity index (χ2n) is 12.0. The first-order valence-electron chi connectivity index (χ1n) is 15.8. The third-order valence-corrected chi connectivity index (χ3v) is 10.8. The van der Waals surface area contributed by atoms with Crippen LogP contribution in [0.5, 0.6) is 0 Å². The number of sulfonamides is 1. The van der Waals surface area contributed by atoms with E-state index in [2.05, 4.69) is 5.32 Å². The van der Waals surface area contributed by atoms with Gasteiger partial charge in [-0.15, -0.1) is 0 Å². The molecule has 0 spiro atoms. The SMILES string of the molecule is Cc1ccc(S(=O)(=O)N(CC(=O)N(Cc2ccccc2)C(Cc2ccccc2)C(=O)NC2CCCCC2)c2cc(Cl)ccc2Cl)cc1. The summed E-state index contributed by atoms with van der Waals surface area (Å²) in [6, 6.07) is 28.9. The van der Waals surface area contributed by atoms with Gasteiger partial charge in [-0.05, 0) is 61.2 Å². The summed E-state index contributed by atoms with van der Waals surface area (Å²) in [5.74, 6) is -0.820. The molecule has 246 valence electrons. The summed E-state index contributed by atoms with van der Waals surface area (Å²) in [6.07, 6.45) is 5.22. The van der Waals surface area contributed by atoms with Crippen molar-refractivity contribution in [2.24, 2.45) is 0 Å². The van der Waals surface area contributed by atoms with Crippen LogP contribution in [0.15, 0.2) is 108 Å². The van der Waals surface area contributed by atoms with E-state index in [0.29, 0.717) is 0 Å². The minimum absolute atomic E-state index is 0.00238. The number of halogens is 2. The molecule has 10 heteroatoms. The van der Waals surface area contributed by atoms with Crippen molar-refractivity contribution in [3.8, 4) is 0 Å². The fourth-order valence-electron chi connectivity index (χ4n) is 5.91. The number of hydrogen-bond acceptors (Lipinski definition) is 4. The highest BCUT2D eigenvalue weighted by Gasteiger charge is 2.36. The van der Waals surface area contributed by atoms with E-state index >= 15 is 0 Å². The van der Waals surface area contributed by atoms with Crippen molar-refractivity contribution in [2.45, 2.75) is 69.0 Å². The van der Waals surface area contributed by atoms with Gasteiger partial charge in [0, 0.05) is 24.0 Å². The standard InChI is InChI=1S/C37H39Cl2N3O4S/c1-27-17-20-32(21-18-27)47(45,46)42(34-24-30(38)19-22-33(34)39)26-36(43)41(25-29-13-7-3-8-14-29)35(23-28-11-5-2-6-12-28)37(44)40-31-15-9-4-10-16-31/h2-3,5-8,11-14,17-22,24,31,35H,4,9-10,15-16,23,25-26H2,1H3,(H,40,44). The first-order chi connectivity index (χ1) is 22.6. The number of amides is 2. The summed E-state index contributed by atoms with van der Waals surface area (Å²) in [5, 5.41) is 3.59. The zero-order valence-corrected chi connectivity index (χ0v) is 28.6. The molecule has 4 aromatic carbocycles. The molecule has 5 rings (SSSR count). The van der Waals surface area contributed by atoms with Crippen LogP contribution in [0.4, 0.5) is 5.69 Å². The third-order valence-electron chi connectivity index (χ3n) is 8.48. The van der Waals surface area contributed by atoms with E-state index in [1.807, 2.05) is 67.6 Å². The Balaban J connectivity index is 1.57. The molecule has 47 heavy (non-hydrogen) atoms. The molecule has 1 N–H and O–H groups in total. The number of hydrogen-bond donors (Lipinski definition) is 1. The van der Waals surface area contributed by atoms with E-state index in [9.17, 15) is 18.0 Å². The molecule has 0 radical (unpaired) electrons. The number of anilines is 1. The molecule has 1 atom stereocenters. The molecule has 1 unspecified atom stereocenters. The van der Waals surface area contributed by atoms with Gasteiger partial charge in [0.2, 0.25) is 11.8 Å². The number of carbonyl (C=O) groups excluding carboxylic acids is 2. The number of nitrogens with zero attached hydrogens (tertiary/aromatic N) is 2. The van der Waals surface area contributed by atoms with Crippen LogP contribution >= 0.6 is 23.2 Å². The normalized spacial score (nSPS) is 14.3. The second-order valence-corrected chi connectivity index (χ2v) is 14.7.